The van der Waals surface area contributed by atoms with Crippen LogP contribution in [-0.2, 0) is 6.54 Å². The summed E-state index contributed by atoms with van der Waals surface area (Å²) in [6, 6.07) is 16.7. The van der Waals surface area contributed by atoms with Crippen LogP contribution in [0.4, 0.5) is 11.8 Å². The van der Waals surface area contributed by atoms with E-state index in [0.29, 0.717) is 12.0 Å². The fourth-order valence-electron chi connectivity index (χ4n) is 2.65. The van der Waals surface area contributed by atoms with Gasteiger partial charge in [0.2, 0.25) is 5.95 Å². The summed E-state index contributed by atoms with van der Waals surface area (Å²) in [6.45, 7) is 2.85. The van der Waals surface area contributed by atoms with Gasteiger partial charge in [-0.25, -0.2) is 4.98 Å². The summed E-state index contributed by atoms with van der Waals surface area (Å²) in [5, 5.41) is 6.81. The van der Waals surface area contributed by atoms with Crippen molar-refractivity contribution in [2.24, 2.45) is 0 Å². The quantitative estimate of drug-likeness (QED) is 0.714. The highest BCUT2D eigenvalue weighted by atomic mass is 15.2. The van der Waals surface area contributed by atoms with Crippen molar-refractivity contribution in [1.82, 2.24) is 15.0 Å². The lowest BCUT2D eigenvalue weighted by molar-refractivity contribution is 1.03. The highest BCUT2D eigenvalue weighted by Crippen LogP contribution is 2.26. The number of hydrogen-bond donors (Lipinski definition) is 2. The zero-order valence-electron chi connectivity index (χ0n) is 14.2. The molecule has 1 aliphatic rings. The van der Waals surface area contributed by atoms with E-state index in [2.05, 4.69) is 56.8 Å². The molecule has 5 nitrogen and oxygen atoms in total. The first-order valence-corrected chi connectivity index (χ1v) is 8.63. The van der Waals surface area contributed by atoms with E-state index < -0.39 is 0 Å². The Labute approximate surface area is 147 Å². The Balaban J connectivity index is 1.60. The molecule has 0 unspecified atom stereocenters. The molecule has 2 aromatic heterocycles. The fourth-order valence-corrected chi connectivity index (χ4v) is 2.65. The summed E-state index contributed by atoms with van der Waals surface area (Å²) in [7, 11) is 0. The molecule has 4 rings (SSSR count). The second kappa shape index (κ2) is 6.89. The molecule has 1 fully saturated rings. The summed E-state index contributed by atoms with van der Waals surface area (Å²) < 4.78 is 0. The average Bonchev–Trinajstić information content (AvgIpc) is 3.46. The molecule has 25 heavy (non-hydrogen) atoms. The Hall–Kier alpha value is -2.95. The molecule has 3 aromatic rings. The Kier molecular flexibility index (Phi) is 4.29. The minimum absolute atomic E-state index is 0.503. The average molecular weight is 331 g/mol. The van der Waals surface area contributed by atoms with E-state index in [1.807, 2.05) is 24.3 Å². The molecule has 1 aliphatic carbocycles. The van der Waals surface area contributed by atoms with Crippen molar-refractivity contribution in [2.45, 2.75) is 32.4 Å². The second-order valence-corrected chi connectivity index (χ2v) is 6.38. The van der Waals surface area contributed by atoms with Crippen LogP contribution in [0.2, 0.25) is 0 Å². The molecule has 0 bridgehead atoms. The van der Waals surface area contributed by atoms with Crippen LogP contribution in [0.15, 0.2) is 54.7 Å². The summed E-state index contributed by atoms with van der Waals surface area (Å²) in [4.78, 5) is 13.7. The van der Waals surface area contributed by atoms with Crippen LogP contribution in [0.25, 0.3) is 11.4 Å². The lowest BCUT2D eigenvalue weighted by Gasteiger charge is -2.12. The Morgan fingerprint density at radius 1 is 1.00 bits per heavy atom. The topological polar surface area (TPSA) is 62.7 Å². The van der Waals surface area contributed by atoms with Crippen LogP contribution in [-0.4, -0.2) is 21.0 Å². The molecule has 1 saturated carbocycles. The molecule has 0 amide bonds. The minimum Gasteiger partial charge on any atom is -0.366 e. The minimum atomic E-state index is 0.503. The van der Waals surface area contributed by atoms with Gasteiger partial charge in [-0.05, 0) is 43.0 Å². The molecule has 2 N–H and O–H groups in total. The van der Waals surface area contributed by atoms with Crippen molar-refractivity contribution in [3.8, 4) is 11.4 Å². The van der Waals surface area contributed by atoms with E-state index in [1.54, 1.807) is 6.20 Å². The molecule has 0 spiro atoms. The maximum absolute atomic E-state index is 4.63. The van der Waals surface area contributed by atoms with Crippen LogP contribution in [0, 0.1) is 6.92 Å². The van der Waals surface area contributed by atoms with Gasteiger partial charge >= 0.3 is 0 Å². The summed E-state index contributed by atoms with van der Waals surface area (Å²) >= 11 is 0. The van der Waals surface area contributed by atoms with Gasteiger partial charge in [0.05, 0.1) is 11.4 Å². The molecule has 0 atom stereocenters. The van der Waals surface area contributed by atoms with Gasteiger partial charge in [0.1, 0.15) is 5.82 Å². The lowest BCUT2D eigenvalue weighted by Crippen LogP contribution is -2.09. The van der Waals surface area contributed by atoms with Crippen LogP contribution in [0.5, 0.6) is 0 Å². The molecule has 0 radical (unpaired) electrons. The van der Waals surface area contributed by atoms with Crippen LogP contribution >= 0.6 is 0 Å². The molecule has 0 saturated heterocycles. The monoisotopic (exact) mass is 331 g/mol. The van der Waals surface area contributed by atoms with Crippen molar-refractivity contribution in [2.75, 3.05) is 10.6 Å². The van der Waals surface area contributed by atoms with E-state index in [0.717, 1.165) is 23.8 Å². The van der Waals surface area contributed by atoms with Gasteiger partial charge in [0, 0.05) is 24.8 Å². The standard InChI is InChI=1S/C20H21N5/c1-14-6-2-3-7-15(14)13-22-19-12-18(17-8-4-5-11-21-17)24-20(25-19)23-16-9-10-16/h2-8,11-12,16H,9-10,13H2,1H3,(H2,22,23,24,25). The van der Waals surface area contributed by atoms with E-state index in [-0.39, 0.29) is 0 Å². The van der Waals surface area contributed by atoms with E-state index in [1.165, 1.54) is 24.0 Å². The smallest absolute Gasteiger partial charge is 0.225 e. The van der Waals surface area contributed by atoms with Gasteiger partial charge in [-0.15, -0.1) is 0 Å². The number of aryl methyl sites for hydroxylation is 1. The third kappa shape index (κ3) is 3.94. The lowest BCUT2D eigenvalue weighted by atomic mass is 10.1. The predicted octanol–water partition coefficient (Wildman–Crippen LogP) is 4.03. The number of nitrogens with one attached hydrogen (secondary N) is 2. The maximum Gasteiger partial charge on any atom is 0.225 e. The van der Waals surface area contributed by atoms with Crippen molar-refractivity contribution >= 4 is 11.8 Å². The fraction of sp³-hybridized carbons (Fsp3) is 0.250. The largest absolute Gasteiger partial charge is 0.366 e. The van der Waals surface area contributed by atoms with Gasteiger partial charge in [0.15, 0.2) is 0 Å². The number of nitrogens with zero attached hydrogens (tertiary/aromatic N) is 3. The van der Waals surface area contributed by atoms with Gasteiger partial charge in [0.25, 0.3) is 0 Å². The molecule has 0 aliphatic heterocycles. The predicted molar refractivity (Wildman–Crippen MR) is 100 cm³/mol. The first-order valence-electron chi connectivity index (χ1n) is 8.63. The third-order valence-electron chi connectivity index (χ3n) is 4.29. The molecular formula is C20H21N5. The number of hydrogen-bond acceptors (Lipinski definition) is 5. The molecule has 5 heteroatoms. The highest BCUT2D eigenvalue weighted by Gasteiger charge is 2.22. The summed E-state index contributed by atoms with van der Waals surface area (Å²) in [5.41, 5.74) is 4.20. The van der Waals surface area contributed by atoms with Gasteiger partial charge in [-0.3, -0.25) is 4.98 Å². The zero-order chi connectivity index (χ0) is 17.1. The number of pyridine rings is 1. The van der Waals surface area contributed by atoms with Crippen molar-refractivity contribution in [3.05, 3.63) is 65.9 Å². The summed E-state index contributed by atoms with van der Waals surface area (Å²) in [6.07, 6.45) is 4.15. The zero-order valence-corrected chi connectivity index (χ0v) is 14.2. The van der Waals surface area contributed by atoms with Crippen LogP contribution in [0.1, 0.15) is 24.0 Å². The molecule has 1 aromatic carbocycles. The van der Waals surface area contributed by atoms with Gasteiger partial charge in [-0.1, -0.05) is 30.3 Å². The van der Waals surface area contributed by atoms with Crippen molar-refractivity contribution in [1.29, 1.82) is 0 Å². The third-order valence-corrected chi connectivity index (χ3v) is 4.29. The van der Waals surface area contributed by atoms with E-state index in [4.69, 9.17) is 0 Å². The van der Waals surface area contributed by atoms with Crippen molar-refractivity contribution in [3.63, 3.8) is 0 Å². The maximum atomic E-state index is 4.63. The molecule has 126 valence electrons. The van der Waals surface area contributed by atoms with Gasteiger partial charge < -0.3 is 10.6 Å². The van der Waals surface area contributed by atoms with Crippen molar-refractivity contribution < 1.29 is 0 Å². The Bertz CT molecular complexity index is 859. The number of rotatable bonds is 6. The van der Waals surface area contributed by atoms with E-state index >= 15 is 0 Å². The van der Waals surface area contributed by atoms with Crippen LogP contribution in [0.3, 0.4) is 0 Å². The number of anilines is 2. The first kappa shape index (κ1) is 15.6. The highest BCUT2D eigenvalue weighted by molar-refractivity contribution is 5.61. The normalized spacial score (nSPS) is 13.5. The number of benzene rings is 1. The van der Waals surface area contributed by atoms with Gasteiger partial charge in [-0.2, -0.15) is 4.98 Å². The number of aromatic nitrogens is 3. The first-order chi connectivity index (χ1) is 12.3. The molecular weight excluding hydrogens is 310 g/mol. The van der Waals surface area contributed by atoms with Crippen LogP contribution < -0.4 is 10.6 Å². The van der Waals surface area contributed by atoms with E-state index in [9.17, 15) is 0 Å². The Morgan fingerprint density at radius 2 is 1.84 bits per heavy atom. The second-order valence-electron chi connectivity index (χ2n) is 6.38. The summed E-state index contributed by atoms with van der Waals surface area (Å²) in [5.74, 6) is 1.47. The SMILES string of the molecule is Cc1ccccc1CNc1cc(-c2ccccn2)nc(NC2CC2)n1. The Morgan fingerprint density at radius 3 is 2.60 bits per heavy atom. The molecule has 2 heterocycles.